The van der Waals surface area contributed by atoms with Gasteiger partial charge in [-0.15, -0.1) is 0 Å². The van der Waals surface area contributed by atoms with Crippen molar-refractivity contribution in [2.45, 2.75) is 32.6 Å². The van der Waals surface area contributed by atoms with Crippen molar-refractivity contribution in [3.05, 3.63) is 23.7 Å². The maximum Gasteiger partial charge on any atom is 0.374 e. The molecule has 0 radical (unpaired) electrons. The lowest BCUT2D eigenvalue weighted by molar-refractivity contribution is 0.0456. The third kappa shape index (κ3) is 4.30. The molecule has 0 saturated carbocycles. The second-order valence-corrected chi connectivity index (χ2v) is 3.67. The third-order valence-corrected chi connectivity index (χ3v) is 2.25. The number of rotatable bonds is 7. The molecule has 0 bridgehead atoms. The molecule has 1 aromatic rings. The summed E-state index contributed by atoms with van der Waals surface area (Å²) in [6.45, 7) is 2.43. The molecule has 0 unspecified atom stereocenters. The molecule has 0 saturated heterocycles. The Hall–Kier alpha value is -1.78. The van der Waals surface area contributed by atoms with Crippen molar-refractivity contribution < 1.29 is 23.8 Å². The molecule has 94 valence electrons. The highest BCUT2D eigenvalue weighted by atomic mass is 16.5. The van der Waals surface area contributed by atoms with E-state index in [-0.39, 0.29) is 11.5 Å². The first-order valence-electron chi connectivity index (χ1n) is 5.65. The van der Waals surface area contributed by atoms with E-state index in [1.807, 2.05) is 0 Å². The second-order valence-electron chi connectivity index (χ2n) is 3.67. The zero-order valence-electron chi connectivity index (χ0n) is 9.77. The second kappa shape index (κ2) is 6.73. The summed E-state index contributed by atoms with van der Waals surface area (Å²) in [6, 6.07) is 2.54. The van der Waals surface area contributed by atoms with Crippen molar-refractivity contribution in [3.63, 3.8) is 0 Å². The van der Waals surface area contributed by atoms with Crippen LogP contribution in [0.5, 0.6) is 0 Å². The smallest absolute Gasteiger partial charge is 0.374 e. The van der Waals surface area contributed by atoms with E-state index in [9.17, 15) is 9.59 Å². The molecule has 1 N–H and O–H groups in total. The first kappa shape index (κ1) is 13.3. The molecular formula is C12H16O5. The Balaban J connectivity index is 2.34. The summed E-state index contributed by atoms with van der Waals surface area (Å²) < 4.78 is 9.75. The third-order valence-electron chi connectivity index (χ3n) is 2.25. The predicted octanol–water partition coefficient (Wildman–Crippen LogP) is 2.71. The summed E-state index contributed by atoms with van der Waals surface area (Å²) >= 11 is 0. The van der Waals surface area contributed by atoms with Crippen molar-refractivity contribution in [2.24, 2.45) is 0 Å². The van der Waals surface area contributed by atoms with Gasteiger partial charge >= 0.3 is 11.9 Å². The molecule has 0 aromatic carbocycles. The van der Waals surface area contributed by atoms with Crippen LogP contribution in [0.2, 0.25) is 0 Å². The summed E-state index contributed by atoms with van der Waals surface area (Å²) in [5, 5.41) is 8.61. The summed E-state index contributed by atoms with van der Waals surface area (Å²) in [6.07, 6.45) is 4.06. The summed E-state index contributed by atoms with van der Waals surface area (Å²) in [4.78, 5) is 21.9. The van der Waals surface area contributed by atoms with E-state index in [0.717, 1.165) is 25.7 Å². The van der Waals surface area contributed by atoms with Gasteiger partial charge in [0.2, 0.25) is 11.5 Å². The van der Waals surface area contributed by atoms with Gasteiger partial charge < -0.3 is 14.3 Å². The van der Waals surface area contributed by atoms with Crippen LogP contribution >= 0.6 is 0 Å². The van der Waals surface area contributed by atoms with E-state index in [2.05, 4.69) is 6.92 Å². The van der Waals surface area contributed by atoms with Gasteiger partial charge in [0.05, 0.1) is 6.61 Å². The molecule has 0 aliphatic heterocycles. The fraction of sp³-hybridized carbons (Fsp3) is 0.500. The summed E-state index contributed by atoms with van der Waals surface area (Å²) in [5.74, 6) is -2.15. The van der Waals surface area contributed by atoms with Crippen molar-refractivity contribution in [1.82, 2.24) is 0 Å². The van der Waals surface area contributed by atoms with Crippen LogP contribution in [0.4, 0.5) is 0 Å². The molecule has 17 heavy (non-hydrogen) atoms. The van der Waals surface area contributed by atoms with Gasteiger partial charge in [-0.3, -0.25) is 0 Å². The number of aromatic carboxylic acids is 1. The molecule has 1 rings (SSSR count). The average Bonchev–Trinajstić information content (AvgIpc) is 2.78. The van der Waals surface area contributed by atoms with Gasteiger partial charge in [0, 0.05) is 0 Å². The fourth-order valence-electron chi connectivity index (χ4n) is 1.33. The normalized spacial score (nSPS) is 10.2. The Morgan fingerprint density at radius 1 is 1.24 bits per heavy atom. The van der Waals surface area contributed by atoms with Gasteiger partial charge in [0.25, 0.3) is 0 Å². The highest BCUT2D eigenvalue weighted by molar-refractivity contribution is 5.89. The topological polar surface area (TPSA) is 76.7 Å². The fourth-order valence-corrected chi connectivity index (χ4v) is 1.33. The maximum atomic E-state index is 11.4. The molecule has 0 fully saturated rings. The number of furan rings is 1. The Kier molecular flexibility index (Phi) is 5.26. The molecule has 0 amide bonds. The average molecular weight is 240 g/mol. The minimum Gasteiger partial charge on any atom is -0.475 e. The molecule has 0 spiro atoms. The molecule has 5 heteroatoms. The van der Waals surface area contributed by atoms with E-state index in [0.29, 0.717) is 6.61 Å². The largest absolute Gasteiger partial charge is 0.475 e. The molecule has 0 atom stereocenters. The van der Waals surface area contributed by atoms with Gasteiger partial charge in [0.1, 0.15) is 0 Å². The van der Waals surface area contributed by atoms with Crippen LogP contribution in [0, 0.1) is 0 Å². The highest BCUT2D eigenvalue weighted by Crippen LogP contribution is 2.09. The minimum absolute atomic E-state index is 0.0714. The Morgan fingerprint density at radius 2 is 1.94 bits per heavy atom. The van der Waals surface area contributed by atoms with Gasteiger partial charge in [0.15, 0.2) is 0 Å². The van der Waals surface area contributed by atoms with Gasteiger partial charge in [-0.2, -0.15) is 0 Å². The van der Waals surface area contributed by atoms with Crippen molar-refractivity contribution in [1.29, 1.82) is 0 Å². The number of carbonyl (C=O) groups excluding carboxylic acids is 1. The number of unbranched alkanes of at least 4 members (excludes halogenated alkanes) is 3. The van der Waals surface area contributed by atoms with Gasteiger partial charge in [-0.05, 0) is 18.6 Å². The Labute approximate surface area is 99.4 Å². The standard InChI is InChI=1S/C12H16O5/c1-2-3-4-5-8-16-12(15)10-7-6-9(17-10)11(13)14/h6-7H,2-5,8H2,1H3,(H,13,14). The van der Waals surface area contributed by atoms with Crippen LogP contribution in [-0.2, 0) is 4.74 Å². The first-order chi connectivity index (χ1) is 8.15. The Bertz CT molecular complexity index is 380. The number of carbonyl (C=O) groups is 2. The monoisotopic (exact) mass is 240 g/mol. The minimum atomic E-state index is -1.20. The van der Waals surface area contributed by atoms with Crippen molar-refractivity contribution in [3.8, 4) is 0 Å². The van der Waals surface area contributed by atoms with Gasteiger partial charge in [-0.1, -0.05) is 26.2 Å². The Morgan fingerprint density at radius 3 is 2.53 bits per heavy atom. The maximum absolute atomic E-state index is 11.4. The number of ether oxygens (including phenoxy) is 1. The van der Waals surface area contributed by atoms with Gasteiger partial charge in [-0.25, -0.2) is 9.59 Å². The zero-order valence-corrected chi connectivity index (χ0v) is 9.77. The van der Waals surface area contributed by atoms with E-state index in [1.165, 1.54) is 12.1 Å². The van der Waals surface area contributed by atoms with Crippen LogP contribution in [0.3, 0.4) is 0 Å². The van der Waals surface area contributed by atoms with Crippen molar-refractivity contribution >= 4 is 11.9 Å². The quantitative estimate of drug-likeness (QED) is 0.585. The van der Waals surface area contributed by atoms with E-state index in [4.69, 9.17) is 14.3 Å². The van der Waals surface area contributed by atoms with Crippen molar-refractivity contribution in [2.75, 3.05) is 6.61 Å². The lowest BCUT2D eigenvalue weighted by Gasteiger charge is -2.01. The number of esters is 1. The van der Waals surface area contributed by atoms with E-state index in [1.54, 1.807) is 0 Å². The molecule has 0 aliphatic carbocycles. The number of carboxylic acids is 1. The molecule has 5 nitrogen and oxygen atoms in total. The lowest BCUT2D eigenvalue weighted by Crippen LogP contribution is -2.05. The SMILES string of the molecule is CCCCCCOC(=O)c1ccc(C(=O)O)o1. The number of hydrogen-bond donors (Lipinski definition) is 1. The van der Waals surface area contributed by atoms with Crippen LogP contribution in [0.25, 0.3) is 0 Å². The molecule has 1 heterocycles. The number of carboxylic acid groups (broad SMARTS) is 1. The summed E-state index contributed by atoms with van der Waals surface area (Å²) in [5.41, 5.74) is 0. The van der Waals surface area contributed by atoms with Crippen LogP contribution < -0.4 is 0 Å². The van der Waals surface area contributed by atoms with E-state index < -0.39 is 11.9 Å². The lowest BCUT2D eigenvalue weighted by atomic mass is 10.2. The molecule has 1 aromatic heterocycles. The van der Waals surface area contributed by atoms with E-state index >= 15 is 0 Å². The predicted molar refractivity (Wildman–Crippen MR) is 60.1 cm³/mol. The first-order valence-corrected chi connectivity index (χ1v) is 5.65. The van der Waals surface area contributed by atoms with Crippen LogP contribution in [0.1, 0.15) is 53.7 Å². The molecular weight excluding hydrogens is 224 g/mol. The highest BCUT2D eigenvalue weighted by Gasteiger charge is 2.15. The summed E-state index contributed by atoms with van der Waals surface area (Å²) in [7, 11) is 0. The zero-order chi connectivity index (χ0) is 12.7. The van der Waals surface area contributed by atoms with Crippen LogP contribution in [0.15, 0.2) is 16.5 Å². The molecule has 0 aliphatic rings. The van der Waals surface area contributed by atoms with Crippen LogP contribution in [-0.4, -0.2) is 23.7 Å². The number of hydrogen-bond acceptors (Lipinski definition) is 4.